The van der Waals surface area contributed by atoms with E-state index >= 15 is 0 Å². The third kappa shape index (κ3) is 5.26. The van der Waals surface area contributed by atoms with E-state index in [1.54, 1.807) is 25.1 Å². The number of carbonyl (C=O) groups excluding carboxylic acids is 1. The number of anilines is 1. The second kappa shape index (κ2) is 9.12. The quantitative estimate of drug-likeness (QED) is 0.321. The van der Waals surface area contributed by atoms with Crippen LogP contribution in [0.4, 0.5) is 23.2 Å². The summed E-state index contributed by atoms with van der Waals surface area (Å²) >= 11 is 0. The number of ether oxygens (including phenoxy) is 1. The van der Waals surface area contributed by atoms with Crippen molar-refractivity contribution in [1.29, 1.82) is 0 Å². The molecule has 0 atom stereocenters. The molecule has 0 aliphatic rings. The Morgan fingerprint density at radius 1 is 1.20 bits per heavy atom. The van der Waals surface area contributed by atoms with E-state index < -0.39 is 36.6 Å². The number of nitrogens with two attached hydrogens (primary N) is 1. The standard InChI is InChI=1S/C23H19F4N5O3/c1-12-8-13(2-4-15(12)21(28)34)18-11-30-22-17(29-7-6-23(25,26)27)10-20(31-32(18)22)35-14-3-5-19(33)16(24)9-14/h2-5,8-11,29,33H,6-7H2,1H3,(H2,28,34). The summed E-state index contributed by atoms with van der Waals surface area (Å²) in [6.07, 6.45) is -3.97. The maximum atomic E-state index is 13.7. The lowest BCUT2D eigenvalue weighted by molar-refractivity contribution is -0.131. The summed E-state index contributed by atoms with van der Waals surface area (Å²) in [5.74, 6) is -2.13. The molecule has 0 radical (unpaired) electrons. The van der Waals surface area contributed by atoms with Crippen LogP contribution in [0.1, 0.15) is 22.3 Å². The van der Waals surface area contributed by atoms with Gasteiger partial charge in [0, 0.05) is 29.8 Å². The number of aromatic hydroxyl groups is 1. The van der Waals surface area contributed by atoms with E-state index in [2.05, 4.69) is 15.4 Å². The van der Waals surface area contributed by atoms with E-state index in [0.29, 0.717) is 22.4 Å². The minimum atomic E-state index is -4.36. The van der Waals surface area contributed by atoms with Gasteiger partial charge in [-0.1, -0.05) is 6.07 Å². The number of hydrogen-bond donors (Lipinski definition) is 3. The molecule has 0 aliphatic heterocycles. The summed E-state index contributed by atoms with van der Waals surface area (Å²) in [5.41, 5.74) is 7.82. The van der Waals surface area contributed by atoms with Gasteiger partial charge in [0.25, 0.3) is 0 Å². The van der Waals surface area contributed by atoms with Crippen LogP contribution in [-0.4, -0.2) is 38.3 Å². The average Bonchev–Trinajstić information content (AvgIpc) is 3.19. The highest BCUT2D eigenvalue weighted by molar-refractivity contribution is 5.94. The lowest BCUT2D eigenvalue weighted by atomic mass is 10.0. The van der Waals surface area contributed by atoms with Crippen LogP contribution in [0.2, 0.25) is 0 Å². The summed E-state index contributed by atoms with van der Waals surface area (Å²) in [6.45, 7) is 1.28. The van der Waals surface area contributed by atoms with Gasteiger partial charge in [-0.15, -0.1) is 5.10 Å². The molecule has 0 unspecified atom stereocenters. The predicted molar refractivity (Wildman–Crippen MR) is 119 cm³/mol. The zero-order valence-corrected chi connectivity index (χ0v) is 18.2. The zero-order valence-electron chi connectivity index (χ0n) is 18.2. The summed E-state index contributed by atoms with van der Waals surface area (Å²) in [5, 5.41) is 16.4. The molecule has 12 heteroatoms. The van der Waals surface area contributed by atoms with Crippen molar-refractivity contribution >= 4 is 17.2 Å². The fraction of sp³-hybridized carbons (Fsp3) is 0.174. The Bertz CT molecular complexity index is 1420. The number of nitrogens with zero attached hydrogens (tertiary/aromatic N) is 3. The molecule has 35 heavy (non-hydrogen) atoms. The number of aryl methyl sites for hydroxylation is 1. The fourth-order valence-corrected chi connectivity index (χ4v) is 3.43. The number of halogens is 4. The Balaban J connectivity index is 1.78. The van der Waals surface area contributed by atoms with Crippen LogP contribution >= 0.6 is 0 Å². The SMILES string of the molecule is Cc1cc(-c2cnc3c(NCCC(F)(F)F)cc(Oc4ccc(O)c(F)c4)nn23)ccc1C(N)=O. The monoisotopic (exact) mass is 489 g/mol. The molecule has 0 saturated carbocycles. The highest BCUT2D eigenvalue weighted by atomic mass is 19.4. The van der Waals surface area contributed by atoms with Crippen LogP contribution in [0.3, 0.4) is 0 Å². The molecule has 0 fully saturated rings. The van der Waals surface area contributed by atoms with Crippen LogP contribution in [0.5, 0.6) is 17.4 Å². The van der Waals surface area contributed by atoms with Crippen LogP contribution in [0, 0.1) is 12.7 Å². The second-order valence-corrected chi connectivity index (χ2v) is 7.68. The molecular formula is C23H19F4N5O3. The first-order chi connectivity index (χ1) is 16.5. The highest BCUT2D eigenvalue weighted by Crippen LogP contribution is 2.31. The van der Waals surface area contributed by atoms with Crippen LogP contribution < -0.4 is 15.8 Å². The first-order valence-electron chi connectivity index (χ1n) is 10.3. The lowest BCUT2D eigenvalue weighted by Gasteiger charge is -2.13. The smallest absolute Gasteiger partial charge is 0.390 e. The Morgan fingerprint density at radius 3 is 2.63 bits per heavy atom. The number of rotatable bonds is 7. The third-order valence-electron chi connectivity index (χ3n) is 5.10. The number of imidazole rings is 1. The third-order valence-corrected chi connectivity index (χ3v) is 5.10. The Kier molecular flexibility index (Phi) is 6.20. The molecule has 2 aromatic heterocycles. The molecule has 1 amide bonds. The molecule has 4 aromatic rings. The summed E-state index contributed by atoms with van der Waals surface area (Å²) in [4.78, 5) is 15.8. The van der Waals surface area contributed by atoms with Crippen molar-refractivity contribution in [3.05, 3.63) is 65.6 Å². The largest absolute Gasteiger partial charge is 0.505 e. The molecule has 0 spiro atoms. The minimum absolute atomic E-state index is 0.0108. The van der Waals surface area contributed by atoms with Gasteiger partial charge in [-0.05, 0) is 36.8 Å². The zero-order chi connectivity index (χ0) is 25.3. The molecule has 4 rings (SSSR count). The number of nitrogens with one attached hydrogen (secondary N) is 1. The van der Waals surface area contributed by atoms with Gasteiger partial charge in [-0.3, -0.25) is 4.79 Å². The number of primary amides is 1. The van der Waals surface area contributed by atoms with Crippen molar-refractivity contribution in [2.24, 2.45) is 5.73 Å². The summed E-state index contributed by atoms with van der Waals surface area (Å²) in [7, 11) is 0. The van der Waals surface area contributed by atoms with Gasteiger partial charge in [0.2, 0.25) is 11.8 Å². The van der Waals surface area contributed by atoms with Crippen molar-refractivity contribution in [3.8, 4) is 28.6 Å². The number of phenols is 1. The van der Waals surface area contributed by atoms with Crippen molar-refractivity contribution in [2.45, 2.75) is 19.5 Å². The Labute approximate surface area is 196 Å². The van der Waals surface area contributed by atoms with Gasteiger partial charge in [-0.25, -0.2) is 13.9 Å². The van der Waals surface area contributed by atoms with Crippen LogP contribution in [0.25, 0.3) is 16.9 Å². The Morgan fingerprint density at radius 2 is 1.97 bits per heavy atom. The van der Waals surface area contributed by atoms with E-state index in [1.807, 2.05) is 0 Å². The van der Waals surface area contributed by atoms with E-state index in [4.69, 9.17) is 10.5 Å². The predicted octanol–water partition coefficient (Wildman–Crippen LogP) is 4.80. The van der Waals surface area contributed by atoms with E-state index in [1.165, 1.54) is 22.8 Å². The number of amides is 1. The summed E-state index contributed by atoms with van der Waals surface area (Å²) < 4.78 is 58.7. The molecule has 0 bridgehead atoms. The van der Waals surface area contributed by atoms with Crippen molar-refractivity contribution < 1.29 is 32.2 Å². The number of phenolic OH excluding ortho intramolecular Hbond substituents is 1. The maximum absolute atomic E-state index is 13.7. The van der Waals surface area contributed by atoms with E-state index in [0.717, 1.165) is 12.1 Å². The number of benzene rings is 2. The minimum Gasteiger partial charge on any atom is -0.505 e. The number of carbonyl (C=O) groups is 1. The van der Waals surface area contributed by atoms with Crippen molar-refractivity contribution in [3.63, 3.8) is 0 Å². The van der Waals surface area contributed by atoms with Gasteiger partial charge < -0.3 is 20.9 Å². The fourth-order valence-electron chi connectivity index (χ4n) is 3.43. The number of aromatic nitrogens is 3. The average molecular weight is 489 g/mol. The first kappa shape index (κ1) is 23.8. The van der Waals surface area contributed by atoms with Crippen molar-refractivity contribution in [1.82, 2.24) is 14.6 Å². The Hall–Kier alpha value is -4.35. The number of hydrogen-bond acceptors (Lipinski definition) is 6. The number of fused-ring (bicyclic) bond motifs is 1. The van der Waals surface area contributed by atoms with Gasteiger partial charge in [0.05, 0.1) is 24.0 Å². The topological polar surface area (TPSA) is 115 Å². The molecule has 0 aliphatic carbocycles. The molecule has 2 heterocycles. The number of alkyl halides is 3. The molecule has 4 N–H and O–H groups in total. The second-order valence-electron chi connectivity index (χ2n) is 7.68. The van der Waals surface area contributed by atoms with Gasteiger partial charge in [-0.2, -0.15) is 13.2 Å². The summed E-state index contributed by atoms with van der Waals surface area (Å²) in [6, 6.07) is 9.57. The normalized spacial score (nSPS) is 11.6. The van der Waals surface area contributed by atoms with Gasteiger partial charge >= 0.3 is 6.18 Å². The lowest BCUT2D eigenvalue weighted by Crippen LogP contribution is -2.15. The molecular weight excluding hydrogens is 470 g/mol. The van der Waals surface area contributed by atoms with Gasteiger partial charge in [0.15, 0.2) is 17.2 Å². The first-order valence-corrected chi connectivity index (χ1v) is 10.3. The molecule has 8 nitrogen and oxygen atoms in total. The van der Waals surface area contributed by atoms with Crippen molar-refractivity contribution in [2.75, 3.05) is 11.9 Å². The maximum Gasteiger partial charge on any atom is 0.390 e. The highest BCUT2D eigenvalue weighted by Gasteiger charge is 2.26. The molecule has 182 valence electrons. The molecule has 0 saturated heterocycles. The van der Waals surface area contributed by atoms with E-state index in [-0.39, 0.29) is 23.0 Å². The van der Waals surface area contributed by atoms with E-state index in [9.17, 15) is 27.5 Å². The van der Waals surface area contributed by atoms with Crippen LogP contribution in [0.15, 0.2) is 48.7 Å². The van der Waals surface area contributed by atoms with Gasteiger partial charge in [0.1, 0.15) is 5.75 Å². The molecule has 2 aromatic carbocycles. The van der Waals surface area contributed by atoms with Crippen LogP contribution in [-0.2, 0) is 0 Å².